The zero-order chi connectivity index (χ0) is 72.3. The predicted molar refractivity (Wildman–Crippen MR) is 460 cm³/mol. The average Bonchev–Trinajstić information content (AvgIpc) is 0.947. The molecule has 0 radical (unpaired) electrons. The predicted octanol–water partition coefficient (Wildman–Crippen LogP) is 27.4. The molecule has 0 saturated heterocycles. The lowest BCUT2D eigenvalue weighted by Gasteiger charge is -2.17. The van der Waals surface area contributed by atoms with Gasteiger partial charge in [0.15, 0.2) is 0 Å². The lowest BCUT2D eigenvalue weighted by molar-refractivity contribution is 1.10. The van der Waals surface area contributed by atoms with Crippen LogP contribution in [0.15, 0.2) is 389 Å². The Morgan fingerprint density at radius 2 is 0.618 bits per heavy atom. The fourth-order valence-corrected chi connectivity index (χ4v) is 17.4. The van der Waals surface area contributed by atoms with E-state index in [0.29, 0.717) is 0 Å². The van der Waals surface area contributed by atoms with Crippen LogP contribution in [0.4, 0.5) is 0 Å². The Hall–Kier alpha value is -14.7. The summed E-state index contributed by atoms with van der Waals surface area (Å²) in [5.74, 6) is 1.79. The maximum atomic E-state index is 5.45. The van der Waals surface area contributed by atoms with Crippen molar-refractivity contribution in [3.8, 4) is 112 Å². The van der Waals surface area contributed by atoms with Gasteiger partial charge in [0, 0.05) is 57.1 Å². The maximum Gasteiger partial charge on any atom is 0.145 e. The smallest absolute Gasteiger partial charge is 0.145 e. The molecule has 22 aromatic rings. The third-order valence-corrected chi connectivity index (χ3v) is 22.5. The summed E-state index contributed by atoms with van der Waals surface area (Å²) in [5.41, 5.74) is 23.4. The molecule has 0 spiro atoms. The maximum absolute atomic E-state index is 5.45. The molecular formula is C104H64N6. The van der Waals surface area contributed by atoms with E-state index in [9.17, 15) is 0 Å². The van der Waals surface area contributed by atoms with E-state index in [2.05, 4.69) is 385 Å². The van der Waals surface area contributed by atoms with Crippen LogP contribution in [0.5, 0.6) is 0 Å². The molecule has 0 saturated carbocycles. The minimum Gasteiger partial charge on any atom is -0.292 e. The molecule has 4 heterocycles. The Labute approximate surface area is 634 Å². The topological polar surface area (TPSA) is 61.4 Å². The Kier molecular flexibility index (Phi) is 14.5. The highest BCUT2D eigenvalue weighted by Gasteiger charge is 2.23. The number of pyridine rings is 2. The third-order valence-electron chi connectivity index (χ3n) is 22.5. The molecule has 0 bridgehead atoms. The van der Waals surface area contributed by atoms with Crippen molar-refractivity contribution < 1.29 is 0 Å². The van der Waals surface area contributed by atoms with Crippen LogP contribution in [-0.4, -0.2) is 29.1 Å². The summed E-state index contributed by atoms with van der Waals surface area (Å²) >= 11 is 0. The molecule has 18 aromatic carbocycles. The van der Waals surface area contributed by atoms with Crippen LogP contribution < -0.4 is 0 Å². The fraction of sp³-hybridized carbons (Fsp3) is 0. The molecule has 0 N–H and O–H groups in total. The van der Waals surface area contributed by atoms with E-state index in [4.69, 9.17) is 19.9 Å². The summed E-state index contributed by atoms with van der Waals surface area (Å²) < 4.78 is 4.65. The summed E-state index contributed by atoms with van der Waals surface area (Å²) in [4.78, 5) is 21.1. The lowest BCUT2D eigenvalue weighted by atomic mass is 9.88. The third kappa shape index (κ3) is 10.4. The van der Waals surface area contributed by atoms with E-state index in [0.717, 1.165) is 145 Å². The van der Waals surface area contributed by atoms with E-state index >= 15 is 0 Å². The second-order valence-electron chi connectivity index (χ2n) is 28.8. The van der Waals surface area contributed by atoms with Gasteiger partial charge in [0.05, 0.1) is 33.5 Å². The first-order chi connectivity index (χ1) is 54.5. The van der Waals surface area contributed by atoms with E-state index in [1.807, 2.05) is 12.4 Å². The van der Waals surface area contributed by atoms with Gasteiger partial charge in [-0.3, -0.25) is 19.1 Å². The van der Waals surface area contributed by atoms with Gasteiger partial charge < -0.3 is 0 Å². The van der Waals surface area contributed by atoms with Crippen LogP contribution in [0.25, 0.3) is 221 Å². The number of hydrogen-bond donors (Lipinski definition) is 0. The van der Waals surface area contributed by atoms with Crippen LogP contribution in [0, 0.1) is 0 Å². The molecule has 4 aromatic heterocycles. The van der Waals surface area contributed by atoms with Crippen molar-refractivity contribution >= 4 is 108 Å². The van der Waals surface area contributed by atoms with E-state index in [-0.39, 0.29) is 0 Å². The number of hydrogen-bond acceptors (Lipinski definition) is 4. The van der Waals surface area contributed by atoms with Crippen LogP contribution in [0.3, 0.4) is 0 Å². The number of nitrogens with zero attached hydrogens (tertiary/aromatic N) is 6. The largest absolute Gasteiger partial charge is 0.292 e. The van der Waals surface area contributed by atoms with Gasteiger partial charge in [-0.05, 0) is 228 Å². The normalized spacial score (nSPS) is 11.8. The monoisotopic (exact) mass is 1400 g/mol. The summed E-state index contributed by atoms with van der Waals surface area (Å²) in [6.45, 7) is 0. The lowest BCUT2D eigenvalue weighted by Crippen LogP contribution is -1.98. The van der Waals surface area contributed by atoms with E-state index < -0.39 is 0 Å². The highest BCUT2D eigenvalue weighted by molar-refractivity contribution is 6.27. The quantitative estimate of drug-likeness (QED) is 0.121. The highest BCUT2D eigenvalue weighted by Crippen LogP contribution is 2.47. The van der Waals surface area contributed by atoms with Crippen molar-refractivity contribution in [2.24, 2.45) is 0 Å². The van der Waals surface area contributed by atoms with E-state index in [1.54, 1.807) is 0 Å². The first-order valence-corrected chi connectivity index (χ1v) is 37.5. The molecule has 6 nitrogen and oxygen atoms in total. The first-order valence-electron chi connectivity index (χ1n) is 37.5. The number of benzene rings is 18. The Balaban J connectivity index is 0.608. The summed E-state index contributed by atoms with van der Waals surface area (Å²) in [6.07, 6.45) is 4.08. The fourth-order valence-electron chi connectivity index (χ4n) is 17.4. The molecular weight excluding hydrogens is 1330 g/mol. The molecule has 6 heteroatoms. The molecule has 0 aliphatic carbocycles. The number of imidazole rings is 2. The Bertz CT molecular complexity index is 7500. The van der Waals surface area contributed by atoms with E-state index in [1.165, 1.54) is 75.6 Å². The van der Waals surface area contributed by atoms with Crippen molar-refractivity contribution in [2.45, 2.75) is 0 Å². The van der Waals surface area contributed by atoms with Gasteiger partial charge in [0.25, 0.3) is 0 Å². The van der Waals surface area contributed by atoms with Crippen molar-refractivity contribution in [3.63, 3.8) is 0 Å². The van der Waals surface area contributed by atoms with Crippen molar-refractivity contribution in [3.05, 3.63) is 389 Å². The summed E-state index contributed by atoms with van der Waals surface area (Å²) in [7, 11) is 0. The molecule has 0 unspecified atom stereocenters. The van der Waals surface area contributed by atoms with Gasteiger partial charge in [-0.2, -0.15) is 0 Å². The molecule has 0 aliphatic rings. The first kappa shape index (κ1) is 62.6. The Morgan fingerprint density at radius 3 is 1.22 bits per heavy atom. The van der Waals surface area contributed by atoms with Gasteiger partial charge >= 0.3 is 0 Å². The van der Waals surface area contributed by atoms with Crippen LogP contribution >= 0.6 is 0 Å². The molecule has 0 atom stereocenters. The molecule has 0 aliphatic heterocycles. The highest BCUT2D eigenvalue weighted by atomic mass is 15.1. The zero-order valence-electron chi connectivity index (χ0n) is 59.6. The second kappa shape index (κ2) is 25.5. The number of para-hydroxylation sites is 2. The van der Waals surface area contributed by atoms with Crippen LogP contribution in [-0.2, 0) is 0 Å². The summed E-state index contributed by atoms with van der Waals surface area (Å²) in [5, 5.41) is 19.1. The summed E-state index contributed by atoms with van der Waals surface area (Å²) in [6, 6.07) is 137. The number of rotatable bonds is 11. The van der Waals surface area contributed by atoms with Gasteiger partial charge in [0.1, 0.15) is 11.6 Å². The standard InChI is InChI=1S/C104H64N6/c1-3-23-66(24-4-1)103-107-97-42-17-18-43-99(97)109(103)79-31-19-28-71(56-79)92-59-78-61-94(86-36-12-16-40-90(86)102(78)88-38-14-10-34-84(88)92)96-52-48-75(63-106-96)69-46-50-82-70(54-69)30-21-41-81(82)73-47-53-98-100(62-73)110(104(108-98)67-25-5-2-6-26-67)80-32-20-29-72(57-80)91-58-77-60-93(85-35-11-15-39-89(85)101(77)87-37-13-9-33-83(87)91)76-49-51-95(105-64-76)74-45-44-65-22-7-8-27-68(65)55-74/h1-64H. The molecule has 22 rings (SSSR count). The van der Waals surface area contributed by atoms with Crippen molar-refractivity contribution in [2.75, 3.05) is 0 Å². The second-order valence-corrected chi connectivity index (χ2v) is 28.8. The minimum absolute atomic E-state index is 0.879. The SMILES string of the molecule is c1ccc(-c2nc3ccccc3n2-c2cccc(-c3cc4cc(-c5ccc(-c6ccc7c(-c8ccc9nc(-c%10ccccc%10)n(-c%10cccc(-c%11cc%12cc(-c%13ccc(-c%14ccc%15ccccc%15c%14)nc%13)c%13ccccc%13c%12c%12ccccc%11%12)c%10)c9c8)cccc7c6)cn5)c5ccccc5c4c4ccccc34)c2)cc1. The van der Waals surface area contributed by atoms with Gasteiger partial charge in [-0.15, -0.1) is 0 Å². The van der Waals surface area contributed by atoms with Crippen molar-refractivity contribution in [1.29, 1.82) is 0 Å². The van der Waals surface area contributed by atoms with Gasteiger partial charge in [0.2, 0.25) is 0 Å². The van der Waals surface area contributed by atoms with Gasteiger partial charge in [-0.25, -0.2) is 9.97 Å². The molecule has 110 heavy (non-hydrogen) atoms. The van der Waals surface area contributed by atoms with Gasteiger partial charge in [-0.1, -0.05) is 279 Å². The number of aromatic nitrogens is 6. The Morgan fingerprint density at radius 1 is 0.191 bits per heavy atom. The number of fused-ring (bicyclic) bond motifs is 14. The van der Waals surface area contributed by atoms with Crippen LogP contribution in [0.1, 0.15) is 0 Å². The molecule has 0 amide bonds. The van der Waals surface area contributed by atoms with Crippen molar-refractivity contribution in [1.82, 2.24) is 29.1 Å². The molecule has 510 valence electrons. The minimum atomic E-state index is 0.879. The van der Waals surface area contributed by atoms with Crippen LogP contribution in [0.2, 0.25) is 0 Å². The average molecular weight is 1400 g/mol. The molecule has 0 fully saturated rings. The zero-order valence-corrected chi connectivity index (χ0v) is 59.6.